The van der Waals surface area contributed by atoms with Crippen molar-refractivity contribution in [2.45, 2.75) is 105 Å². The number of benzene rings is 5. The molecule has 0 aliphatic carbocycles. The summed E-state index contributed by atoms with van der Waals surface area (Å²) in [5.41, 5.74) is 16.3. The van der Waals surface area contributed by atoms with Gasteiger partial charge in [-0.3, -0.25) is 25.5 Å². The van der Waals surface area contributed by atoms with Crippen LogP contribution in [0.2, 0.25) is 0 Å². The van der Waals surface area contributed by atoms with E-state index in [1.54, 1.807) is 134 Å². The van der Waals surface area contributed by atoms with Crippen molar-refractivity contribution in [3.8, 4) is 45.3 Å². The first-order valence-electron chi connectivity index (χ1n) is 32.0. The van der Waals surface area contributed by atoms with Gasteiger partial charge < -0.3 is 25.6 Å². The number of esters is 1. The average Bonchev–Trinajstić information content (AvgIpc) is 0.825. The summed E-state index contributed by atoms with van der Waals surface area (Å²) in [5.74, 6) is -0.153. The number of alkyl halides is 5. The zero-order chi connectivity index (χ0) is 79.2. The van der Waals surface area contributed by atoms with Crippen LogP contribution in [0, 0.1) is 0 Å². The molecule has 0 bridgehead atoms. The van der Waals surface area contributed by atoms with Crippen LogP contribution in [0.3, 0.4) is 0 Å². The van der Waals surface area contributed by atoms with E-state index in [4.69, 9.17) is 35.3 Å². The molecular weight excluding hydrogens is 1530 g/mol. The summed E-state index contributed by atoms with van der Waals surface area (Å²) in [6, 6.07) is 41.2. The van der Waals surface area contributed by atoms with Crippen LogP contribution in [0.4, 0.5) is 27.9 Å². The minimum Gasteiger partial charge on any atom is -0.464 e. The Kier molecular flexibility index (Phi) is 52.6. The normalized spacial score (nSPS) is 10.2. The van der Waals surface area contributed by atoms with Crippen molar-refractivity contribution in [1.82, 2.24) is 29.9 Å². The maximum absolute atomic E-state index is 13.0. The molecule has 8 aromatic rings. The van der Waals surface area contributed by atoms with E-state index in [1.807, 2.05) is 91.9 Å². The lowest BCUT2D eigenvalue weighted by atomic mass is 10.1. The second kappa shape index (κ2) is 57.8. The highest BCUT2D eigenvalue weighted by Gasteiger charge is 2.17. The number of rotatable bonds is 30. The lowest BCUT2D eigenvalue weighted by molar-refractivity contribution is -0.144. The van der Waals surface area contributed by atoms with Gasteiger partial charge >= 0.3 is 5.97 Å². The lowest BCUT2D eigenvalue weighted by Crippen LogP contribution is -2.42. The predicted octanol–water partition coefficient (Wildman–Crippen LogP) is 15.9. The molecule has 0 radical (unpaired) electrons. The van der Waals surface area contributed by atoms with Crippen molar-refractivity contribution in [3.05, 3.63) is 168 Å². The molecule has 0 aliphatic rings. The molecule has 0 spiro atoms. The van der Waals surface area contributed by atoms with Gasteiger partial charge in [0, 0.05) is 91.9 Å². The molecule has 3 aromatic heterocycles. The van der Waals surface area contributed by atoms with Crippen LogP contribution in [0.25, 0.3) is 33.8 Å². The van der Waals surface area contributed by atoms with Crippen LogP contribution in [-0.4, -0.2) is 150 Å². The third-order valence-corrected chi connectivity index (χ3v) is 17.2. The van der Waals surface area contributed by atoms with Crippen LogP contribution >= 0.6 is 82.9 Å². The first-order valence-corrected chi connectivity index (χ1v) is 42.3. The Morgan fingerprint density at radius 2 is 0.953 bits per heavy atom. The lowest BCUT2D eigenvalue weighted by Gasteiger charge is -2.09. The van der Waals surface area contributed by atoms with Crippen LogP contribution in [0.1, 0.15) is 97.6 Å². The summed E-state index contributed by atoms with van der Waals surface area (Å²) in [6.45, 7) is 5.16. The number of aromatic nitrogens is 6. The second-order valence-corrected chi connectivity index (χ2v) is 27.8. The van der Waals surface area contributed by atoms with Gasteiger partial charge in [-0.15, -0.1) is 44.0 Å². The van der Waals surface area contributed by atoms with Crippen molar-refractivity contribution < 1.29 is 78.1 Å². The second-order valence-electron chi connectivity index (χ2n) is 20.7. The molecule has 0 unspecified atom stereocenters. The molecule has 0 aliphatic heterocycles. The van der Waals surface area contributed by atoms with Crippen LogP contribution in [0.5, 0.6) is 11.5 Å². The number of hydrogen-bond donors (Lipinski definition) is 4. The number of amidine groups is 1. The largest absolute Gasteiger partial charge is 0.464 e. The summed E-state index contributed by atoms with van der Waals surface area (Å²) in [7, 11) is -3.62. The highest BCUT2D eigenvalue weighted by Crippen LogP contribution is 2.28. The van der Waals surface area contributed by atoms with E-state index in [2.05, 4.69) is 53.8 Å². The van der Waals surface area contributed by atoms with Crippen LogP contribution in [-0.2, 0) is 52.9 Å². The molecule has 3 heterocycles. The fraction of sp³-hybridized carbons (Fsp3) is 0.347. The number of carbonyl (C=O) groups excluding carboxylic acids is 4. The number of Topliss-reactive ketones (excluding diaryl/α,β-unsaturated/α-hetero) is 3. The van der Waals surface area contributed by atoms with E-state index in [-0.39, 0.29) is 30.3 Å². The van der Waals surface area contributed by atoms with Gasteiger partial charge in [-0.05, 0) is 179 Å². The number of nitrogens with zero attached hydrogens (tertiary/aromatic N) is 6. The Hall–Kier alpha value is -7.38. The molecule has 8 rings (SSSR count). The molecule has 578 valence electrons. The van der Waals surface area contributed by atoms with E-state index < -0.39 is 60.1 Å². The van der Waals surface area contributed by atoms with E-state index in [0.717, 1.165) is 83.6 Å². The van der Waals surface area contributed by atoms with Gasteiger partial charge in [-0.2, -0.15) is 0 Å². The number of anilines is 1. The third kappa shape index (κ3) is 41.1. The molecule has 106 heavy (non-hydrogen) atoms. The van der Waals surface area contributed by atoms with Crippen molar-refractivity contribution >= 4 is 127 Å². The highest BCUT2D eigenvalue weighted by atomic mass is 32.2. The molecule has 21 nitrogen and oxygen atoms in total. The Bertz CT molecular complexity index is 3930. The SMILES string of the molecule is CCCCN.CCCCNc1nc(CF)cc(-c2ccc(OOSC)cc2)n1.CCOC(=O)CF.CSC(N)=[NH2+].CSOOc1ccc(-c2cc(CF)nc(S(C)(=O)=O)n2)cc1.CSc1ccc(-c2cc(CF)nc(SC)n2)cc1.CSc1ccc(C(=O)CC(=O)CF)cc1.CSc1ccc(C(C)=O)cc1. The Morgan fingerprint density at radius 3 is 1.30 bits per heavy atom. The summed E-state index contributed by atoms with van der Waals surface area (Å²) < 4.78 is 98.5. The first-order chi connectivity index (χ1) is 50.9. The topological polar surface area (TPSA) is 316 Å². The van der Waals surface area contributed by atoms with Gasteiger partial charge in [0.15, 0.2) is 40.7 Å². The molecular formula is C72H92F5N10O11S8+. The third-order valence-electron chi connectivity index (χ3n) is 12.7. The van der Waals surface area contributed by atoms with Gasteiger partial charge in [-0.1, -0.05) is 74.8 Å². The fourth-order valence-corrected chi connectivity index (χ4v) is 9.88. The number of nitrogens with one attached hydrogen (secondary N) is 1. The Morgan fingerprint density at radius 1 is 0.538 bits per heavy atom. The predicted molar refractivity (Wildman–Crippen MR) is 425 cm³/mol. The molecule has 0 atom stereocenters. The summed E-state index contributed by atoms with van der Waals surface area (Å²) in [4.78, 5) is 81.0. The van der Waals surface area contributed by atoms with E-state index in [0.29, 0.717) is 61.7 Å². The van der Waals surface area contributed by atoms with E-state index in [1.165, 1.54) is 52.2 Å². The van der Waals surface area contributed by atoms with Crippen LogP contribution < -0.4 is 32.0 Å². The molecule has 0 amide bonds. The number of unbranched alkanes of at least 4 members (excludes halogenated alkanes) is 2. The highest BCUT2D eigenvalue weighted by molar-refractivity contribution is 8.12. The maximum Gasteiger partial charge on any atom is 0.337 e. The number of ether oxygens (including phenoxy) is 1. The molecule has 0 saturated heterocycles. The molecule has 34 heteroatoms. The van der Waals surface area contributed by atoms with Gasteiger partial charge in [-0.25, -0.2) is 65.1 Å². The monoisotopic (exact) mass is 1620 g/mol. The van der Waals surface area contributed by atoms with Crippen molar-refractivity contribution in [1.29, 1.82) is 0 Å². The number of ketones is 3. The minimum absolute atomic E-state index is 0.0106. The number of sulfone groups is 1. The van der Waals surface area contributed by atoms with Crippen LogP contribution in [0.15, 0.2) is 165 Å². The van der Waals surface area contributed by atoms with Gasteiger partial charge in [0.2, 0.25) is 20.9 Å². The first kappa shape index (κ1) is 96.6. The smallest absolute Gasteiger partial charge is 0.337 e. The summed E-state index contributed by atoms with van der Waals surface area (Å²) in [6.07, 6.45) is 18.3. The fourth-order valence-electron chi connectivity index (χ4n) is 7.41. The molecule has 0 fully saturated rings. The number of carbonyl (C=O) groups is 4. The minimum atomic E-state index is -3.62. The standard InChI is InChI=1S/C16H20FN3O2S.C13H13FN2O4S2.C13H13FN2S2.C11H11FO2S.C9H10OS.C4H7FO2.C4H11N.C2H6N2S/c1-3-4-9-18-16-19-13(11-17)10-15(20-16)12-5-7-14(8-6-12)21-22-23-2;1-21-20-19-11-5-3-9(4-6-11)12-7-10(8-14)15-13(16-12)22(2,17)18;1-17-11-5-3-9(4-6-11)12-7-10(8-14)15-13(16-12)18-2;1-15-10-4-2-8(3-5-10)11(14)6-9(13)7-12;1-7(10)8-3-5-9(11-2)6-4-8;1-2-7-4(6)3-5;1-2-3-4-5;1-5-2(3)4/h5-8,10H,3-4,9,11H2,1-2H3,(H,18,19,20);3-7H,8H2,1-2H3;3-7H,8H2,1-2H3;2-5H,6-7H2,1H3;3-6H,1-2H3;2-3H2,1H3;2-5H2,1H3;1H3,(H3,3,4)/p+1. The maximum atomic E-state index is 13.0. The van der Waals surface area contributed by atoms with Crippen molar-refractivity contribution in [2.75, 3.05) is 88.4 Å². The molecule has 0 saturated carbocycles. The number of hydrogen-bond acceptors (Lipinski definition) is 26. The molecule has 7 N–H and O–H groups in total. The van der Waals surface area contributed by atoms with E-state index >= 15 is 0 Å². The van der Waals surface area contributed by atoms with Gasteiger partial charge in [0.05, 0.1) is 47.2 Å². The van der Waals surface area contributed by atoms with Gasteiger partial charge in [0.25, 0.3) is 5.17 Å². The van der Waals surface area contributed by atoms with Gasteiger partial charge in [0.1, 0.15) is 26.7 Å². The quantitative estimate of drug-likeness (QED) is 0.00264. The number of halogens is 5. The summed E-state index contributed by atoms with van der Waals surface area (Å²) in [5, 5.41) is 8.71. The van der Waals surface area contributed by atoms with E-state index in [9.17, 15) is 49.5 Å². The average molecular weight is 1630 g/mol. The number of thioether (sulfide) groups is 5. The molecule has 5 aromatic carbocycles. The van der Waals surface area contributed by atoms with Crippen molar-refractivity contribution in [2.24, 2.45) is 11.5 Å². The number of nitrogens with two attached hydrogens (primary N) is 3. The Labute approximate surface area is 648 Å². The Balaban J connectivity index is 0.000000636. The van der Waals surface area contributed by atoms with Crippen molar-refractivity contribution in [3.63, 3.8) is 0 Å². The zero-order valence-electron chi connectivity index (χ0n) is 61.0. The summed E-state index contributed by atoms with van der Waals surface area (Å²) >= 11 is 9.89. The zero-order valence-corrected chi connectivity index (χ0v) is 67.6.